The molecule has 0 aromatic heterocycles. The van der Waals surface area contributed by atoms with Gasteiger partial charge in [0, 0.05) is 6.54 Å². The van der Waals surface area contributed by atoms with Gasteiger partial charge in [0.05, 0.1) is 30.3 Å². The van der Waals surface area contributed by atoms with Crippen LogP contribution in [0.4, 0.5) is 0 Å². The van der Waals surface area contributed by atoms with Gasteiger partial charge in [-0.2, -0.15) is 4.31 Å². The summed E-state index contributed by atoms with van der Waals surface area (Å²) >= 11 is 0. The molecule has 1 heterocycles. The first-order chi connectivity index (χ1) is 9.68. The third-order valence-corrected chi connectivity index (χ3v) is 6.01. The van der Waals surface area contributed by atoms with Crippen LogP contribution in [0.3, 0.4) is 0 Å². The van der Waals surface area contributed by atoms with Gasteiger partial charge in [0.2, 0.25) is 10.0 Å². The second-order valence-corrected chi connectivity index (χ2v) is 7.93. The largest absolute Gasteiger partial charge is 0.497 e. The number of methoxy groups -OCH3 is 1. The van der Waals surface area contributed by atoms with Crippen molar-refractivity contribution in [2.24, 2.45) is 0 Å². The van der Waals surface area contributed by atoms with Gasteiger partial charge < -0.3 is 9.47 Å². The summed E-state index contributed by atoms with van der Waals surface area (Å²) in [6.07, 6.45) is -0.105. The van der Waals surface area contributed by atoms with E-state index in [1.54, 1.807) is 36.5 Å². The number of hydrogen-bond donors (Lipinski definition) is 0. The molecule has 1 aliphatic rings. The highest BCUT2D eigenvalue weighted by molar-refractivity contribution is 7.89. The van der Waals surface area contributed by atoms with E-state index in [4.69, 9.17) is 9.47 Å². The molecule has 0 saturated carbocycles. The lowest BCUT2D eigenvalue weighted by molar-refractivity contribution is -0.0551. The van der Waals surface area contributed by atoms with E-state index < -0.39 is 15.6 Å². The zero-order chi connectivity index (χ0) is 15.8. The number of sulfonamides is 1. The lowest BCUT2D eigenvalue weighted by Crippen LogP contribution is -2.57. The lowest BCUT2D eigenvalue weighted by Gasteiger charge is -2.43. The molecular formula is C15H23NO4S. The summed E-state index contributed by atoms with van der Waals surface area (Å²) in [6.45, 7) is 8.19. The third kappa shape index (κ3) is 3.07. The Labute approximate surface area is 126 Å². The molecule has 1 aromatic rings. The summed E-state index contributed by atoms with van der Waals surface area (Å²) in [5.41, 5.74) is 0.127. The van der Waals surface area contributed by atoms with Crippen molar-refractivity contribution in [1.82, 2.24) is 4.31 Å². The van der Waals surface area contributed by atoms with Crippen molar-refractivity contribution in [2.45, 2.75) is 44.2 Å². The van der Waals surface area contributed by atoms with Gasteiger partial charge in [-0.1, -0.05) is 0 Å². The number of rotatable bonds is 3. The molecule has 1 unspecified atom stereocenters. The Balaban J connectivity index is 2.46. The van der Waals surface area contributed by atoms with Gasteiger partial charge in [-0.05, 0) is 51.5 Å². The standard InChI is InChI=1S/C15H23NO4S/c1-11-8-13(19-5)6-7-14(11)21(17,18)16-9-12(2)20-10-15(16,3)4/h6-8,12H,9-10H2,1-5H3. The predicted octanol–water partition coefficient (Wildman–Crippen LogP) is 2.19. The number of benzene rings is 1. The summed E-state index contributed by atoms with van der Waals surface area (Å²) in [5, 5.41) is 0. The van der Waals surface area contributed by atoms with E-state index in [1.165, 1.54) is 0 Å². The van der Waals surface area contributed by atoms with Crippen LogP contribution in [-0.2, 0) is 14.8 Å². The van der Waals surface area contributed by atoms with Crippen molar-refractivity contribution in [1.29, 1.82) is 0 Å². The molecular weight excluding hydrogens is 290 g/mol. The first-order valence-electron chi connectivity index (χ1n) is 6.97. The summed E-state index contributed by atoms with van der Waals surface area (Å²) in [7, 11) is -2.00. The van der Waals surface area contributed by atoms with Crippen LogP contribution < -0.4 is 4.74 Å². The maximum atomic E-state index is 13.0. The van der Waals surface area contributed by atoms with Crippen LogP contribution in [0.2, 0.25) is 0 Å². The Morgan fingerprint density at radius 3 is 2.62 bits per heavy atom. The minimum absolute atomic E-state index is 0.105. The molecule has 0 radical (unpaired) electrons. The Morgan fingerprint density at radius 2 is 2.05 bits per heavy atom. The minimum Gasteiger partial charge on any atom is -0.497 e. The fourth-order valence-electron chi connectivity index (χ4n) is 2.53. The minimum atomic E-state index is -3.56. The van der Waals surface area contributed by atoms with Crippen LogP contribution in [0.5, 0.6) is 5.75 Å². The Bertz CT molecular complexity index is 625. The van der Waals surface area contributed by atoms with Gasteiger partial charge in [0.15, 0.2) is 0 Å². The van der Waals surface area contributed by atoms with E-state index >= 15 is 0 Å². The van der Waals surface area contributed by atoms with Crippen LogP contribution in [0, 0.1) is 6.92 Å². The quantitative estimate of drug-likeness (QED) is 0.858. The van der Waals surface area contributed by atoms with E-state index in [0.29, 0.717) is 29.4 Å². The topological polar surface area (TPSA) is 55.8 Å². The molecule has 1 atom stereocenters. The number of nitrogens with zero attached hydrogens (tertiary/aromatic N) is 1. The zero-order valence-electron chi connectivity index (χ0n) is 13.2. The highest BCUT2D eigenvalue weighted by atomic mass is 32.2. The molecule has 1 fully saturated rings. The molecule has 0 spiro atoms. The van der Waals surface area contributed by atoms with Crippen molar-refractivity contribution in [2.75, 3.05) is 20.3 Å². The molecule has 0 aliphatic carbocycles. The predicted molar refractivity (Wildman–Crippen MR) is 81.1 cm³/mol. The van der Waals surface area contributed by atoms with Crippen molar-refractivity contribution < 1.29 is 17.9 Å². The van der Waals surface area contributed by atoms with Crippen molar-refractivity contribution in [3.05, 3.63) is 23.8 Å². The number of aryl methyl sites for hydroxylation is 1. The Morgan fingerprint density at radius 1 is 1.38 bits per heavy atom. The molecule has 118 valence electrons. The fraction of sp³-hybridized carbons (Fsp3) is 0.600. The summed E-state index contributed by atoms with van der Waals surface area (Å²) < 4.78 is 38.3. The van der Waals surface area contributed by atoms with E-state index in [9.17, 15) is 8.42 Å². The van der Waals surface area contributed by atoms with Crippen LogP contribution >= 0.6 is 0 Å². The molecule has 0 N–H and O–H groups in total. The summed E-state index contributed by atoms with van der Waals surface area (Å²) in [6, 6.07) is 5.03. The molecule has 5 nitrogen and oxygen atoms in total. The molecule has 1 aliphatic heterocycles. The molecule has 6 heteroatoms. The highest BCUT2D eigenvalue weighted by Gasteiger charge is 2.42. The van der Waals surface area contributed by atoms with Crippen molar-refractivity contribution in [3.63, 3.8) is 0 Å². The molecule has 2 rings (SSSR count). The first kappa shape index (κ1) is 16.3. The maximum Gasteiger partial charge on any atom is 0.243 e. The highest BCUT2D eigenvalue weighted by Crippen LogP contribution is 2.31. The van der Waals surface area contributed by atoms with Gasteiger partial charge in [-0.25, -0.2) is 8.42 Å². The second kappa shape index (κ2) is 5.59. The molecule has 1 aromatic carbocycles. The SMILES string of the molecule is COc1ccc(S(=O)(=O)N2CC(C)OCC2(C)C)c(C)c1. The van der Waals surface area contributed by atoms with E-state index in [2.05, 4.69) is 0 Å². The van der Waals surface area contributed by atoms with Gasteiger partial charge in [-0.3, -0.25) is 0 Å². The lowest BCUT2D eigenvalue weighted by atomic mass is 10.1. The van der Waals surface area contributed by atoms with Gasteiger partial charge in [-0.15, -0.1) is 0 Å². The maximum absolute atomic E-state index is 13.0. The van der Waals surface area contributed by atoms with Crippen molar-refractivity contribution >= 4 is 10.0 Å². The average molecular weight is 313 g/mol. The van der Waals surface area contributed by atoms with Gasteiger partial charge in [0.1, 0.15) is 5.75 Å². The van der Waals surface area contributed by atoms with E-state index in [0.717, 1.165) is 0 Å². The van der Waals surface area contributed by atoms with Crippen LogP contribution in [-0.4, -0.2) is 44.6 Å². The van der Waals surface area contributed by atoms with Crippen molar-refractivity contribution in [3.8, 4) is 5.75 Å². The molecule has 0 bridgehead atoms. The average Bonchev–Trinajstić information content (AvgIpc) is 2.40. The summed E-state index contributed by atoms with van der Waals surface area (Å²) in [5.74, 6) is 0.654. The Kier molecular flexibility index (Phi) is 4.33. The van der Waals surface area contributed by atoms with Crippen LogP contribution in [0.25, 0.3) is 0 Å². The molecule has 1 saturated heterocycles. The normalized spacial score (nSPS) is 23.0. The smallest absolute Gasteiger partial charge is 0.243 e. The van der Waals surface area contributed by atoms with Crippen LogP contribution in [0.15, 0.2) is 23.1 Å². The molecule has 0 amide bonds. The number of hydrogen-bond acceptors (Lipinski definition) is 4. The van der Waals surface area contributed by atoms with E-state index in [1.807, 2.05) is 20.8 Å². The zero-order valence-corrected chi connectivity index (χ0v) is 14.0. The van der Waals surface area contributed by atoms with E-state index in [-0.39, 0.29) is 6.10 Å². The summed E-state index contributed by atoms with van der Waals surface area (Å²) in [4.78, 5) is 0.325. The third-order valence-electron chi connectivity index (χ3n) is 3.77. The fourth-order valence-corrected chi connectivity index (χ4v) is 4.58. The number of ether oxygens (including phenoxy) is 2. The molecule has 21 heavy (non-hydrogen) atoms. The Hall–Kier alpha value is -1.11. The first-order valence-corrected chi connectivity index (χ1v) is 8.41. The monoisotopic (exact) mass is 313 g/mol. The van der Waals surface area contributed by atoms with Crippen LogP contribution in [0.1, 0.15) is 26.3 Å². The number of morpholine rings is 1. The van der Waals surface area contributed by atoms with Gasteiger partial charge >= 0.3 is 0 Å². The van der Waals surface area contributed by atoms with Gasteiger partial charge in [0.25, 0.3) is 0 Å². The second-order valence-electron chi connectivity index (χ2n) is 6.10.